The number of carboxylic acid groups (broad SMARTS) is 3. The summed E-state index contributed by atoms with van der Waals surface area (Å²) in [6.07, 6.45) is 51.4. The minimum Gasteiger partial charge on any atom is -0.481 e. The van der Waals surface area contributed by atoms with Gasteiger partial charge in [-0.05, 0) is 130 Å². The van der Waals surface area contributed by atoms with Gasteiger partial charge < -0.3 is 15.3 Å². The zero-order valence-electron chi connectivity index (χ0n) is 41.9. The molecule has 0 atom stereocenters. The predicted molar refractivity (Wildman–Crippen MR) is 269 cm³/mol. The Bertz CT molecular complexity index is 1200. The van der Waals surface area contributed by atoms with Crippen molar-refractivity contribution < 1.29 is 29.7 Å². The molecule has 63 heavy (non-hydrogen) atoms. The van der Waals surface area contributed by atoms with Crippen LogP contribution in [0.4, 0.5) is 0 Å². The van der Waals surface area contributed by atoms with E-state index in [0.717, 1.165) is 64.2 Å². The van der Waals surface area contributed by atoms with E-state index in [-0.39, 0.29) is 19.3 Å². The SMILES string of the molecule is CCCCCCCCc1c(CCCCCCCC)c(CCCCCCCCC(=O)O)c(CCCCCCCCC(=O)O)c(CCCCCCCCC(=O)O)c1CCCCCCCC. The van der Waals surface area contributed by atoms with Crippen LogP contribution in [0.2, 0.25) is 0 Å². The highest BCUT2D eigenvalue weighted by Crippen LogP contribution is 2.36. The van der Waals surface area contributed by atoms with Gasteiger partial charge in [-0.15, -0.1) is 0 Å². The first-order valence-corrected chi connectivity index (χ1v) is 27.6. The fourth-order valence-corrected chi connectivity index (χ4v) is 10.0. The van der Waals surface area contributed by atoms with Crippen LogP contribution in [-0.2, 0) is 52.9 Å². The van der Waals surface area contributed by atoms with Crippen LogP contribution in [-0.4, -0.2) is 33.2 Å². The summed E-state index contributed by atoms with van der Waals surface area (Å²) in [5, 5.41) is 27.4. The third kappa shape index (κ3) is 32.0. The van der Waals surface area contributed by atoms with E-state index in [4.69, 9.17) is 15.3 Å². The van der Waals surface area contributed by atoms with Crippen LogP contribution in [0, 0.1) is 0 Å². The third-order valence-corrected chi connectivity index (χ3v) is 13.7. The Morgan fingerprint density at radius 3 is 0.540 bits per heavy atom. The first-order valence-electron chi connectivity index (χ1n) is 27.6. The van der Waals surface area contributed by atoms with Crippen LogP contribution in [0.3, 0.4) is 0 Å². The zero-order valence-corrected chi connectivity index (χ0v) is 41.9. The van der Waals surface area contributed by atoms with Crippen LogP contribution in [0.5, 0.6) is 0 Å². The minimum atomic E-state index is -0.681. The molecule has 0 spiro atoms. The van der Waals surface area contributed by atoms with E-state index in [1.165, 1.54) is 205 Å². The average molecular weight is 883 g/mol. The lowest BCUT2D eigenvalue weighted by atomic mass is 9.77. The summed E-state index contributed by atoms with van der Waals surface area (Å²) in [6, 6.07) is 0. The summed E-state index contributed by atoms with van der Waals surface area (Å²) in [5.41, 5.74) is 10.5. The van der Waals surface area contributed by atoms with Gasteiger partial charge in [0.05, 0.1) is 0 Å². The number of carbonyl (C=O) groups is 3. The lowest BCUT2D eigenvalue weighted by Crippen LogP contribution is -2.15. The van der Waals surface area contributed by atoms with Crippen LogP contribution in [0.1, 0.15) is 305 Å². The van der Waals surface area contributed by atoms with Gasteiger partial charge >= 0.3 is 17.9 Å². The van der Waals surface area contributed by atoms with Crippen molar-refractivity contribution in [1.82, 2.24) is 0 Å². The topological polar surface area (TPSA) is 112 Å². The smallest absolute Gasteiger partial charge is 0.303 e. The molecule has 0 aliphatic carbocycles. The molecule has 0 aliphatic heterocycles. The Kier molecular flexibility index (Phi) is 39.4. The second-order valence-corrected chi connectivity index (χ2v) is 19.5. The summed E-state index contributed by atoms with van der Waals surface area (Å²) < 4.78 is 0. The van der Waals surface area contributed by atoms with Crippen molar-refractivity contribution in [3.8, 4) is 0 Å². The summed E-state index contributed by atoms with van der Waals surface area (Å²) in [5.74, 6) is -2.04. The summed E-state index contributed by atoms with van der Waals surface area (Å²) in [7, 11) is 0. The Morgan fingerprint density at radius 1 is 0.238 bits per heavy atom. The number of unbranched alkanes of at least 4 members (excludes halogenated alkanes) is 30. The molecular weight excluding hydrogens is 781 g/mol. The van der Waals surface area contributed by atoms with E-state index in [1.54, 1.807) is 33.4 Å². The van der Waals surface area contributed by atoms with Crippen LogP contribution in [0.15, 0.2) is 0 Å². The molecule has 1 aromatic rings. The quantitative estimate of drug-likeness (QED) is 0.0562. The number of hydrogen-bond acceptors (Lipinski definition) is 3. The lowest BCUT2D eigenvalue weighted by Gasteiger charge is -2.28. The molecule has 366 valence electrons. The Morgan fingerprint density at radius 2 is 0.381 bits per heavy atom. The third-order valence-electron chi connectivity index (χ3n) is 13.7. The monoisotopic (exact) mass is 883 g/mol. The molecule has 0 amide bonds. The summed E-state index contributed by atoms with van der Waals surface area (Å²) >= 11 is 0. The second-order valence-electron chi connectivity index (χ2n) is 19.5. The predicted octanol–water partition coefficient (Wildman–Crippen LogP) is 17.5. The van der Waals surface area contributed by atoms with Gasteiger partial charge in [0, 0.05) is 19.3 Å². The van der Waals surface area contributed by atoms with Crippen molar-refractivity contribution in [3.05, 3.63) is 33.4 Å². The Labute approximate surface area is 389 Å². The highest BCUT2D eigenvalue weighted by atomic mass is 16.4. The standard InChI is InChI=1S/C57H102O6/c1-4-7-10-13-22-31-40-49-50(41-32-23-14-11-8-5-2)52(43-34-25-16-19-28-37-46-55(58)59)54(45-36-27-18-21-30-39-48-57(62)63)53(51(49)42-33-24-15-12-9-6-3)44-35-26-17-20-29-38-47-56(60)61/h4-48H2,1-3H3,(H,58,59)(H,60,61)(H,62,63). The molecular formula is C57H102O6. The molecule has 0 bridgehead atoms. The Balaban J connectivity index is 3.71. The lowest BCUT2D eigenvalue weighted by molar-refractivity contribution is -0.138. The van der Waals surface area contributed by atoms with Gasteiger partial charge in [-0.3, -0.25) is 14.4 Å². The van der Waals surface area contributed by atoms with Gasteiger partial charge in [-0.1, -0.05) is 194 Å². The molecule has 0 fully saturated rings. The molecule has 0 radical (unpaired) electrons. The molecule has 0 heterocycles. The maximum atomic E-state index is 11.1. The van der Waals surface area contributed by atoms with Gasteiger partial charge in [0.15, 0.2) is 0 Å². The summed E-state index contributed by atoms with van der Waals surface area (Å²) in [4.78, 5) is 33.3. The number of carboxylic acids is 3. The van der Waals surface area contributed by atoms with Crippen molar-refractivity contribution in [2.75, 3.05) is 0 Å². The van der Waals surface area contributed by atoms with Crippen molar-refractivity contribution >= 4 is 17.9 Å². The first-order chi connectivity index (χ1) is 30.8. The number of aliphatic carboxylic acids is 3. The van der Waals surface area contributed by atoms with Crippen molar-refractivity contribution in [3.63, 3.8) is 0 Å². The van der Waals surface area contributed by atoms with E-state index in [0.29, 0.717) is 0 Å². The number of benzene rings is 1. The van der Waals surface area contributed by atoms with Crippen LogP contribution >= 0.6 is 0 Å². The fourth-order valence-electron chi connectivity index (χ4n) is 10.0. The number of hydrogen-bond donors (Lipinski definition) is 3. The molecule has 0 aliphatic rings. The van der Waals surface area contributed by atoms with E-state index < -0.39 is 17.9 Å². The van der Waals surface area contributed by atoms with E-state index in [1.807, 2.05) is 0 Å². The molecule has 1 rings (SSSR count). The molecule has 1 aromatic carbocycles. The average Bonchev–Trinajstić information content (AvgIpc) is 3.25. The highest BCUT2D eigenvalue weighted by molar-refractivity contribution is 5.67. The van der Waals surface area contributed by atoms with Gasteiger partial charge in [0.2, 0.25) is 0 Å². The summed E-state index contributed by atoms with van der Waals surface area (Å²) in [6.45, 7) is 6.94. The van der Waals surface area contributed by atoms with Crippen molar-refractivity contribution in [2.24, 2.45) is 0 Å². The van der Waals surface area contributed by atoms with Crippen molar-refractivity contribution in [2.45, 2.75) is 310 Å². The molecule has 0 unspecified atom stereocenters. The van der Waals surface area contributed by atoms with Gasteiger partial charge in [-0.25, -0.2) is 0 Å². The molecule has 0 saturated heterocycles. The minimum absolute atomic E-state index is 0.283. The number of rotatable bonds is 48. The van der Waals surface area contributed by atoms with Crippen molar-refractivity contribution in [1.29, 1.82) is 0 Å². The molecule has 6 heteroatoms. The van der Waals surface area contributed by atoms with Crippen LogP contribution < -0.4 is 0 Å². The first kappa shape index (κ1) is 58.6. The Hall–Kier alpha value is -2.37. The maximum Gasteiger partial charge on any atom is 0.303 e. The zero-order chi connectivity index (χ0) is 46.0. The molecule has 6 nitrogen and oxygen atoms in total. The highest BCUT2D eigenvalue weighted by Gasteiger charge is 2.23. The van der Waals surface area contributed by atoms with E-state index in [2.05, 4.69) is 20.8 Å². The van der Waals surface area contributed by atoms with E-state index >= 15 is 0 Å². The van der Waals surface area contributed by atoms with Gasteiger partial charge in [0.1, 0.15) is 0 Å². The second kappa shape index (κ2) is 42.3. The molecule has 0 saturated carbocycles. The van der Waals surface area contributed by atoms with E-state index in [9.17, 15) is 14.4 Å². The fraction of sp³-hybridized carbons (Fsp3) is 0.842. The largest absolute Gasteiger partial charge is 0.481 e. The molecule has 3 N–H and O–H groups in total. The molecule has 0 aromatic heterocycles. The normalized spacial score (nSPS) is 11.5. The van der Waals surface area contributed by atoms with Gasteiger partial charge in [-0.2, -0.15) is 0 Å². The maximum absolute atomic E-state index is 11.1. The van der Waals surface area contributed by atoms with Crippen LogP contribution in [0.25, 0.3) is 0 Å². The van der Waals surface area contributed by atoms with Gasteiger partial charge in [0.25, 0.3) is 0 Å².